The Hall–Kier alpha value is -3.35. The number of imidazole rings is 1. The number of nitrogens with one attached hydrogen (secondary N) is 3. The molecule has 29 heavy (non-hydrogen) atoms. The first-order valence-corrected chi connectivity index (χ1v) is 9.64. The molecule has 0 aliphatic heterocycles. The van der Waals surface area contributed by atoms with E-state index in [1.807, 2.05) is 62.4 Å². The number of rotatable bonds is 8. The Morgan fingerprint density at radius 2 is 1.93 bits per heavy atom. The number of benzene rings is 2. The lowest BCUT2D eigenvalue weighted by Crippen LogP contribution is -2.47. The van der Waals surface area contributed by atoms with Crippen LogP contribution in [0.25, 0.3) is 11.0 Å². The zero-order chi connectivity index (χ0) is 20.8. The van der Waals surface area contributed by atoms with Crippen LogP contribution in [0.1, 0.15) is 25.8 Å². The lowest BCUT2D eigenvalue weighted by Gasteiger charge is -2.21. The normalized spacial score (nSPS) is 12.0. The van der Waals surface area contributed by atoms with Crippen LogP contribution in [0.3, 0.4) is 0 Å². The average Bonchev–Trinajstić information content (AvgIpc) is 3.12. The number of ether oxygens (including phenoxy) is 1. The highest BCUT2D eigenvalue weighted by Crippen LogP contribution is 2.15. The summed E-state index contributed by atoms with van der Waals surface area (Å²) in [5.41, 5.74) is 2.62. The predicted molar refractivity (Wildman–Crippen MR) is 113 cm³/mol. The van der Waals surface area contributed by atoms with Crippen LogP contribution in [0.15, 0.2) is 48.5 Å². The number of aromatic nitrogens is 2. The summed E-state index contributed by atoms with van der Waals surface area (Å²) in [5, 5.41) is 5.62. The third kappa shape index (κ3) is 5.34. The summed E-state index contributed by atoms with van der Waals surface area (Å²) in [7, 11) is 1.61. The van der Waals surface area contributed by atoms with Gasteiger partial charge in [0, 0.05) is 6.42 Å². The van der Waals surface area contributed by atoms with E-state index in [1.54, 1.807) is 7.11 Å². The zero-order valence-electron chi connectivity index (χ0n) is 16.9. The summed E-state index contributed by atoms with van der Waals surface area (Å²) in [5.74, 6) is 0.584. The summed E-state index contributed by atoms with van der Waals surface area (Å²) in [6, 6.07) is 14.5. The van der Waals surface area contributed by atoms with Crippen molar-refractivity contribution < 1.29 is 14.3 Å². The number of aromatic amines is 1. The Kier molecular flexibility index (Phi) is 6.49. The zero-order valence-corrected chi connectivity index (χ0v) is 16.9. The molecule has 0 fully saturated rings. The number of hydrogen-bond donors (Lipinski definition) is 3. The number of anilines is 1. The van der Waals surface area contributed by atoms with E-state index >= 15 is 0 Å². The lowest BCUT2D eigenvalue weighted by molar-refractivity contribution is -0.127. The van der Waals surface area contributed by atoms with Crippen molar-refractivity contribution in [2.45, 2.75) is 32.7 Å². The molecule has 2 amide bonds. The molecule has 0 saturated heterocycles. The first kappa shape index (κ1) is 20.4. The molecule has 0 radical (unpaired) electrons. The topological polar surface area (TPSA) is 96.1 Å². The monoisotopic (exact) mass is 394 g/mol. The molecule has 7 nitrogen and oxygen atoms in total. The van der Waals surface area contributed by atoms with Crippen molar-refractivity contribution in [2.24, 2.45) is 5.92 Å². The quantitative estimate of drug-likeness (QED) is 0.546. The van der Waals surface area contributed by atoms with E-state index < -0.39 is 6.04 Å². The van der Waals surface area contributed by atoms with Gasteiger partial charge in [0.1, 0.15) is 11.8 Å². The number of fused-ring (bicyclic) bond motifs is 1. The Morgan fingerprint density at radius 3 is 2.66 bits per heavy atom. The van der Waals surface area contributed by atoms with Crippen molar-refractivity contribution in [3.05, 3.63) is 54.1 Å². The van der Waals surface area contributed by atoms with Gasteiger partial charge in [0.05, 0.1) is 18.1 Å². The van der Waals surface area contributed by atoms with Gasteiger partial charge >= 0.3 is 0 Å². The van der Waals surface area contributed by atoms with E-state index in [-0.39, 0.29) is 24.2 Å². The smallest absolute Gasteiger partial charge is 0.249 e. The second-order valence-corrected chi connectivity index (χ2v) is 7.23. The average molecular weight is 394 g/mol. The van der Waals surface area contributed by atoms with Crippen LogP contribution in [0.2, 0.25) is 0 Å². The second kappa shape index (κ2) is 9.23. The molecule has 0 bridgehead atoms. The first-order valence-electron chi connectivity index (χ1n) is 9.64. The van der Waals surface area contributed by atoms with Gasteiger partial charge in [0.25, 0.3) is 0 Å². The second-order valence-electron chi connectivity index (χ2n) is 7.23. The number of carbonyl (C=O) groups is 2. The van der Waals surface area contributed by atoms with Crippen LogP contribution in [-0.4, -0.2) is 34.9 Å². The van der Waals surface area contributed by atoms with Crippen molar-refractivity contribution in [3.63, 3.8) is 0 Å². The van der Waals surface area contributed by atoms with Crippen LogP contribution in [-0.2, 0) is 16.0 Å². The van der Waals surface area contributed by atoms with Gasteiger partial charge in [-0.15, -0.1) is 0 Å². The molecule has 0 spiro atoms. The van der Waals surface area contributed by atoms with Crippen molar-refractivity contribution in [3.8, 4) is 5.75 Å². The number of para-hydroxylation sites is 2. The summed E-state index contributed by atoms with van der Waals surface area (Å²) in [6.07, 6.45) is 0.855. The molecule has 3 rings (SSSR count). The molecule has 152 valence electrons. The van der Waals surface area contributed by atoms with Crippen molar-refractivity contribution >= 4 is 28.8 Å². The summed E-state index contributed by atoms with van der Waals surface area (Å²) in [4.78, 5) is 32.6. The molecule has 1 atom stereocenters. The van der Waals surface area contributed by atoms with Gasteiger partial charge in [0.2, 0.25) is 17.8 Å². The van der Waals surface area contributed by atoms with Gasteiger partial charge in [-0.3, -0.25) is 14.9 Å². The Morgan fingerprint density at radius 1 is 1.14 bits per heavy atom. The lowest BCUT2D eigenvalue weighted by atomic mass is 10.0. The molecule has 3 aromatic rings. The highest BCUT2D eigenvalue weighted by Gasteiger charge is 2.25. The molecular weight excluding hydrogens is 368 g/mol. The van der Waals surface area contributed by atoms with Crippen LogP contribution in [0.4, 0.5) is 5.95 Å². The molecule has 3 N–H and O–H groups in total. The van der Waals surface area contributed by atoms with Gasteiger partial charge in [-0.25, -0.2) is 4.98 Å². The fourth-order valence-corrected chi connectivity index (χ4v) is 3.07. The summed E-state index contributed by atoms with van der Waals surface area (Å²) < 4.78 is 5.21. The van der Waals surface area contributed by atoms with E-state index in [9.17, 15) is 9.59 Å². The minimum atomic E-state index is -0.652. The Balaban J connectivity index is 1.59. The molecule has 0 aliphatic carbocycles. The van der Waals surface area contributed by atoms with E-state index in [4.69, 9.17) is 4.74 Å². The van der Waals surface area contributed by atoms with Crippen LogP contribution in [0.5, 0.6) is 5.75 Å². The highest BCUT2D eigenvalue weighted by molar-refractivity contribution is 5.97. The van der Waals surface area contributed by atoms with Gasteiger partial charge in [-0.05, 0) is 42.2 Å². The third-order valence-electron chi connectivity index (χ3n) is 4.67. The number of nitrogens with zero attached hydrogens (tertiary/aromatic N) is 1. The predicted octanol–water partition coefficient (Wildman–Crippen LogP) is 3.28. The number of carbonyl (C=O) groups excluding carboxylic acids is 2. The molecule has 1 aromatic heterocycles. The maximum absolute atomic E-state index is 12.7. The van der Waals surface area contributed by atoms with Gasteiger partial charge in [-0.1, -0.05) is 38.1 Å². The standard InChI is InChI=1S/C22H26N4O3/c1-14(2)20(21(28)26-22-23-17-9-4-5-10-18(17)24-22)25-19(27)12-11-15-7-6-8-16(13-15)29-3/h4-10,13-14,20H,11-12H2,1-3H3,(H,25,27)(H2,23,24,26,28). The fourth-order valence-electron chi connectivity index (χ4n) is 3.07. The number of methoxy groups -OCH3 is 1. The van der Waals surface area contributed by atoms with Crippen molar-refractivity contribution in [1.82, 2.24) is 15.3 Å². The molecular formula is C22H26N4O3. The van der Waals surface area contributed by atoms with E-state index in [0.717, 1.165) is 22.3 Å². The fraction of sp³-hybridized carbons (Fsp3) is 0.318. The Labute approximate surface area is 169 Å². The maximum Gasteiger partial charge on any atom is 0.249 e. The SMILES string of the molecule is COc1cccc(CCC(=O)NC(C(=O)Nc2nc3ccccc3[nH]2)C(C)C)c1. The molecule has 0 aliphatic rings. The van der Waals surface area contributed by atoms with Crippen LogP contribution < -0.4 is 15.4 Å². The minimum absolute atomic E-state index is 0.0693. The van der Waals surface area contributed by atoms with Gasteiger partial charge < -0.3 is 15.0 Å². The third-order valence-corrected chi connectivity index (χ3v) is 4.67. The summed E-state index contributed by atoms with van der Waals surface area (Å²) in [6.45, 7) is 3.79. The van der Waals surface area contributed by atoms with Crippen LogP contribution >= 0.6 is 0 Å². The number of aryl methyl sites for hydroxylation is 1. The molecule has 0 saturated carbocycles. The Bertz CT molecular complexity index is 963. The minimum Gasteiger partial charge on any atom is -0.497 e. The number of H-pyrrole nitrogens is 1. The summed E-state index contributed by atoms with van der Waals surface area (Å²) >= 11 is 0. The first-order chi connectivity index (χ1) is 14.0. The van der Waals surface area contributed by atoms with Gasteiger partial charge in [-0.2, -0.15) is 0 Å². The van der Waals surface area contributed by atoms with Crippen molar-refractivity contribution in [1.29, 1.82) is 0 Å². The highest BCUT2D eigenvalue weighted by atomic mass is 16.5. The maximum atomic E-state index is 12.7. The number of hydrogen-bond acceptors (Lipinski definition) is 4. The molecule has 2 aromatic carbocycles. The van der Waals surface area contributed by atoms with E-state index in [1.165, 1.54) is 0 Å². The van der Waals surface area contributed by atoms with Gasteiger partial charge in [0.15, 0.2) is 0 Å². The van der Waals surface area contributed by atoms with Crippen LogP contribution in [0, 0.1) is 5.92 Å². The van der Waals surface area contributed by atoms with E-state index in [0.29, 0.717) is 12.4 Å². The molecule has 1 heterocycles. The van der Waals surface area contributed by atoms with E-state index in [2.05, 4.69) is 20.6 Å². The molecule has 1 unspecified atom stereocenters. The number of amides is 2. The van der Waals surface area contributed by atoms with Crippen molar-refractivity contribution in [2.75, 3.05) is 12.4 Å². The largest absolute Gasteiger partial charge is 0.497 e. The molecule has 7 heteroatoms.